The van der Waals surface area contributed by atoms with Gasteiger partial charge in [-0.2, -0.15) is 13.2 Å². The summed E-state index contributed by atoms with van der Waals surface area (Å²) in [6, 6.07) is 2.35. The zero-order valence-electron chi connectivity index (χ0n) is 9.24. The molecule has 0 radical (unpaired) electrons. The largest absolute Gasteiger partial charge is 0.481 e. The van der Waals surface area contributed by atoms with Gasteiger partial charge in [0.2, 0.25) is 0 Å². The lowest BCUT2D eigenvalue weighted by molar-refractivity contribution is -0.154. The van der Waals surface area contributed by atoms with Crippen molar-refractivity contribution >= 4 is 23.5 Å². The molecule has 104 valence electrons. The molecule has 0 heterocycles. The molecule has 8 heteroatoms. The van der Waals surface area contributed by atoms with E-state index < -0.39 is 36.0 Å². The number of alkyl halides is 3. The molecular formula is C11H8ClF3O4. The van der Waals surface area contributed by atoms with Gasteiger partial charge in [-0.15, -0.1) is 0 Å². The van der Waals surface area contributed by atoms with Gasteiger partial charge in [-0.1, -0.05) is 11.6 Å². The van der Waals surface area contributed by atoms with Crippen molar-refractivity contribution in [1.29, 1.82) is 0 Å². The highest BCUT2D eigenvalue weighted by Gasteiger charge is 2.32. The lowest BCUT2D eigenvalue weighted by atomic mass is 9.98. The monoisotopic (exact) mass is 296 g/mol. The Kier molecular flexibility index (Phi) is 4.41. The predicted octanol–water partition coefficient (Wildman–Crippen LogP) is 2.69. The average molecular weight is 297 g/mol. The van der Waals surface area contributed by atoms with Gasteiger partial charge < -0.3 is 10.2 Å². The lowest BCUT2D eigenvalue weighted by Gasteiger charge is -2.12. The van der Waals surface area contributed by atoms with Gasteiger partial charge in [0, 0.05) is 5.02 Å². The minimum absolute atomic E-state index is 0.111. The van der Waals surface area contributed by atoms with E-state index in [0.29, 0.717) is 6.07 Å². The number of halogens is 4. The first-order valence-electron chi connectivity index (χ1n) is 4.94. The van der Waals surface area contributed by atoms with E-state index in [1.54, 1.807) is 0 Å². The van der Waals surface area contributed by atoms with E-state index >= 15 is 0 Å². The molecule has 0 saturated carbocycles. The second kappa shape index (κ2) is 5.48. The van der Waals surface area contributed by atoms with E-state index in [4.69, 9.17) is 21.8 Å². The highest BCUT2D eigenvalue weighted by Crippen LogP contribution is 2.32. The number of rotatable bonds is 4. The first kappa shape index (κ1) is 15.3. The molecule has 0 unspecified atom stereocenters. The zero-order chi connectivity index (χ0) is 14.8. The molecule has 0 aliphatic heterocycles. The Bertz CT molecular complexity index is 499. The van der Waals surface area contributed by atoms with Gasteiger partial charge >= 0.3 is 18.1 Å². The molecule has 2 N–H and O–H groups in total. The Morgan fingerprint density at radius 3 is 2.16 bits per heavy atom. The van der Waals surface area contributed by atoms with Gasteiger partial charge in [-0.3, -0.25) is 9.59 Å². The molecule has 1 aromatic carbocycles. The molecule has 0 spiro atoms. The lowest BCUT2D eigenvalue weighted by Crippen LogP contribution is -2.25. The van der Waals surface area contributed by atoms with Gasteiger partial charge in [0.15, 0.2) is 5.92 Å². The summed E-state index contributed by atoms with van der Waals surface area (Å²) in [5.74, 6) is -5.12. The third kappa shape index (κ3) is 3.85. The van der Waals surface area contributed by atoms with Crippen LogP contribution in [0.4, 0.5) is 13.2 Å². The third-order valence-electron chi connectivity index (χ3n) is 2.39. The Balaban J connectivity index is 3.13. The second-order valence-electron chi connectivity index (χ2n) is 3.74. The van der Waals surface area contributed by atoms with Crippen LogP contribution < -0.4 is 0 Å². The molecular weight excluding hydrogens is 289 g/mol. The first-order chi connectivity index (χ1) is 8.62. The van der Waals surface area contributed by atoms with Crippen molar-refractivity contribution in [2.75, 3.05) is 0 Å². The maximum Gasteiger partial charge on any atom is 0.416 e. The molecule has 0 aromatic heterocycles. The molecule has 19 heavy (non-hydrogen) atoms. The molecule has 0 atom stereocenters. The molecule has 0 aliphatic rings. The van der Waals surface area contributed by atoms with Crippen molar-refractivity contribution in [3.05, 3.63) is 34.3 Å². The highest BCUT2D eigenvalue weighted by molar-refractivity contribution is 6.31. The molecule has 0 saturated heterocycles. The van der Waals surface area contributed by atoms with Crippen LogP contribution in [0.3, 0.4) is 0 Å². The number of benzene rings is 1. The van der Waals surface area contributed by atoms with Crippen molar-refractivity contribution in [3.8, 4) is 0 Å². The van der Waals surface area contributed by atoms with E-state index in [9.17, 15) is 22.8 Å². The summed E-state index contributed by atoms with van der Waals surface area (Å²) in [7, 11) is 0. The summed E-state index contributed by atoms with van der Waals surface area (Å²) < 4.78 is 37.4. The van der Waals surface area contributed by atoms with Gasteiger partial charge in [0.25, 0.3) is 0 Å². The first-order valence-corrected chi connectivity index (χ1v) is 5.32. The van der Waals surface area contributed by atoms with Crippen LogP contribution in [0.2, 0.25) is 5.02 Å². The highest BCUT2D eigenvalue weighted by atomic mass is 35.5. The summed E-state index contributed by atoms with van der Waals surface area (Å²) in [6.45, 7) is 0. The van der Waals surface area contributed by atoms with Crippen LogP contribution in [0.15, 0.2) is 18.2 Å². The molecule has 1 aromatic rings. The normalized spacial score (nSPS) is 11.6. The number of carbonyl (C=O) groups is 2. The molecule has 0 amide bonds. The standard InChI is InChI=1S/C11H8ClF3O4/c12-8-2-1-6(11(13,14)15)3-5(8)4-7(9(16)17)10(18)19/h1-3,7H,4H2,(H,16,17)(H,18,19). The van der Waals surface area contributed by atoms with E-state index in [1.807, 2.05) is 0 Å². The Morgan fingerprint density at radius 1 is 1.21 bits per heavy atom. The summed E-state index contributed by atoms with van der Waals surface area (Å²) in [4.78, 5) is 21.4. The number of hydrogen-bond acceptors (Lipinski definition) is 2. The molecule has 0 bridgehead atoms. The van der Waals surface area contributed by atoms with Crippen molar-refractivity contribution in [3.63, 3.8) is 0 Å². The quantitative estimate of drug-likeness (QED) is 0.838. The maximum absolute atomic E-state index is 12.5. The van der Waals surface area contributed by atoms with Crippen LogP contribution >= 0.6 is 11.6 Å². The number of carboxylic acid groups (broad SMARTS) is 2. The van der Waals surface area contributed by atoms with Gasteiger partial charge in [0.1, 0.15) is 0 Å². The maximum atomic E-state index is 12.5. The van der Waals surface area contributed by atoms with Crippen molar-refractivity contribution in [1.82, 2.24) is 0 Å². The minimum Gasteiger partial charge on any atom is -0.481 e. The van der Waals surface area contributed by atoms with Gasteiger partial charge in [-0.25, -0.2) is 0 Å². The SMILES string of the molecule is O=C(O)C(Cc1cc(C(F)(F)F)ccc1Cl)C(=O)O. The fraction of sp³-hybridized carbons (Fsp3) is 0.273. The molecule has 1 rings (SSSR count). The second-order valence-corrected chi connectivity index (χ2v) is 4.14. The van der Waals surface area contributed by atoms with Gasteiger partial charge in [-0.05, 0) is 30.2 Å². The predicted molar refractivity (Wildman–Crippen MR) is 58.9 cm³/mol. The Labute approximate surface area is 110 Å². The van der Waals surface area contributed by atoms with Crippen molar-refractivity contribution in [2.24, 2.45) is 5.92 Å². The summed E-state index contributed by atoms with van der Waals surface area (Å²) in [5.41, 5.74) is -1.19. The minimum atomic E-state index is -4.61. The van der Waals surface area contributed by atoms with Crippen LogP contribution in [0.5, 0.6) is 0 Å². The number of carboxylic acids is 2. The van der Waals surface area contributed by atoms with Crippen LogP contribution in [-0.2, 0) is 22.2 Å². The Hall–Kier alpha value is -1.76. The molecule has 4 nitrogen and oxygen atoms in total. The summed E-state index contributed by atoms with van der Waals surface area (Å²) in [5, 5.41) is 17.2. The fourth-order valence-corrected chi connectivity index (χ4v) is 1.60. The summed E-state index contributed by atoms with van der Waals surface area (Å²) in [6.07, 6.45) is -5.23. The van der Waals surface area contributed by atoms with Crippen molar-refractivity contribution < 1.29 is 33.0 Å². The van der Waals surface area contributed by atoms with E-state index in [0.717, 1.165) is 12.1 Å². The van der Waals surface area contributed by atoms with Crippen molar-refractivity contribution in [2.45, 2.75) is 12.6 Å². The molecule has 0 aliphatic carbocycles. The van der Waals surface area contributed by atoms with E-state index in [-0.39, 0.29) is 10.6 Å². The van der Waals surface area contributed by atoms with Crippen LogP contribution in [0, 0.1) is 5.92 Å². The Morgan fingerprint density at radius 2 is 1.74 bits per heavy atom. The third-order valence-corrected chi connectivity index (χ3v) is 2.76. The summed E-state index contributed by atoms with van der Waals surface area (Å²) >= 11 is 5.65. The van der Waals surface area contributed by atoms with E-state index in [1.165, 1.54) is 0 Å². The average Bonchev–Trinajstić information content (AvgIpc) is 2.25. The number of aliphatic carboxylic acids is 2. The zero-order valence-corrected chi connectivity index (χ0v) is 10.00. The van der Waals surface area contributed by atoms with Crippen LogP contribution in [0.25, 0.3) is 0 Å². The fourth-order valence-electron chi connectivity index (χ4n) is 1.41. The smallest absolute Gasteiger partial charge is 0.416 e. The van der Waals surface area contributed by atoms with Gasteiger partial charge in [0.05, 0.1) is 5.56 Å². The molecule has 0 fully saturated rings. The van der Waals surface area contributed by atoms with E-state index in [2.05, 4.69) is 0 Å². The van der Waals surface area contributed by atoms with Crippen LogP contribution in [-0.4, -0.2) is 22.2 Å². The van der Waals surface area contributed by atoms with Crippen LogP contribution in [0.1, 0.15) is 11.1 Å². The topological polar surface area (TPSA) is 74.6 Å². The number of hydrogen-bond donors (Lipinski definition) is 2.